The van der Waals surface area contributed by atoms with E-state index in [1.807, 2.05) is 13.8 Å². The van der Waals surface area contributed by atoms with Crippen LogP contribution in [-0.4, -0.2) is 30.7 Å². The van der Waals surface area contributed by atoms with Gasteiger partial charge in [0.1, 0.15) is 6.61 Å². The molecule has 0 rings (SSSR count). The predicted molar refractivity (Wildman–Crippen MR) is 60.1 cm³/mol. The fourth-order valence-corrected chi connectivity index (χ4v) is 0.811. The molecule has 82 valence electrons. The highest BCUT2D eigenvalue weighted by Gasteiger charge is 2.07. The van der Waals surface area contributed by atoms with Crippen molar-refractivity contribution >= 4 is 23.1 Å². The molecule has 1 amide bonds. The fourth-order valence-electron chi connectivity index (χ4n) is 0.728. The number of amides is 1. The van der Waals surface area contributed by atoms with Crippen LogP contribution in [0, 0.1) is 5.92 Å². The van der Waals surface area contributed by atoms with Gasteiger partial charge in [-0.2, -0.15) is 0 Å². The Labute approximate surface area is 90.2 Å². The number of carbonyl (C=O) groups excluding carboxylic acids is 1. The molecule has 0 aliphatic carbocycles. The smallest absolute Gasteiger partial charge is 0.246 e. The molecule has 1 atom stereocenters. The number of rotatable bonds is 7. The zero-order valence-corrected chi connectivity index (χ0v) is 9.52. The molecule has 4 nitrogen and oxygen atoms in total. The third-order valence-corrected chi connectivity index (χ3v) is 2.08. The third-order valence-electron chi connectivity index (χ3n) is 1.67. The maximum Gasteiger partial charge on any atom is 0.246 e. The van der Waals surface area contributed by atoms with Crippen molar-refractivity contribution in [3.05, 3.63) is 0 Å². The minimum Gasteiger partial charge on any atom is -0.393 e. The van der Waals surface area contributed by atoms with Crippen LogP contribution >= 0.6 is 12.2 Å². The van der Waals surface area contributed by atoms with E-state index >= 15 is 0 Å². The Morgan fingerprint density at radius 1 is 1.64 bits per heavy atom. The first-order valence-electron chi connectivity index (χ1n) is 4.71. The van der Waals surface area contributed by atoms with Gasteiger partial charge in [-0.05, 0) is 6.42 Å². The van der Waals surface area contributed by atoms with E-state index in [9.17, 15) is 4.79 Å². The first kappa shape index (κ1) is 13.3. The van der Waals surface area contributed by atoms with E-state index in [1.54, 1.807) is 0 Å². The molecule has 0 heterocycles. The molecular formula is C9H18N2O2S. The summed E-state index contributed by atoms with van der Waals surface area (Å²) in [5, 5.41) is 2.69. The van der Waals surface area contributed by atoms with Crippen LogP contribution in [0.25, 0.3) is 0 Å². The van der Waals surface area contributed by atoms with Crippen LogP contribution in [0.3, 0.4) is 0 Å². The quantitative estimate of drug-likeness (QED) is 0.481. The Kier molecular flexibility index (Phi) is 7.32. The van der Waals surface area contributed by atoms with E-state index in [0.717, 1.165) is 6.42 Å². The lowest BCUT2D eigenvalue weighted by atomic mass is 10.2. The summed E-state index contributed by atoms with van der Waals surface area (Å²) in [4.78, 5) is 11.5. The maximum absolute atomic E-state index is 11.1. The van der Waals surface area contributed by atoms with Crippen molar-refractivity contribution in [3.63, 3.8) is 0 Å². The van der Waals surface area contributed by atoms with E-state index in [0.29, 0.717) is 18.1 Å². The Morgan fingerprint density at radius 2 is 2.29 bits per heavy atom. The van der Waals surface area contributed by atoms with Gasteiger partial charge in [0, 0.05) is 19.1 Å². The van der Waals surface area contributed by atoms with Crippen LogP contribution in [0.5, 0.6) is 0 Å². The van der Waals surface area contributed by atoms with Crippen molar-refractivity contribution in [1.82, 2.24) is 5.32 Å². The summed E-state index contributed by atoms with van der Waals surface area (Å²) in [5.41, 5.74) is 5.39. The normalized spacial score (nSPS) is 12.1. The summed E-state index contributed by atoms with van der Waals surface area (Å²) >= 11 is 4.77. The van der Waals surface area contributed by atoms with Crippen LogP contribution in [0.2, 0.25) is 0 Å². The number of hydrogen-bond acceptors (Lipinski definition) is 3. The summed E-state index contributed by atoms with van der Waals surface area (Å²) in [7, 11) is 0. The zero-order valence-electron chi connectivity index (χ0n) is 8.71. The van der Waals surface area contributed by atoms with Crippen LogP contribution < -0.4 is 11.1 Å². The average Bonchev–Trinajstić information content (AvgIpc) is 2.14. The standard InChI is InChI=1S/C9H18N2O2S/c1-3-4-13-6-8(12)11-5-7(2)9(10)14/h7H,3-6H2,1-2H3,(H2,10,14)(H,11,12). The van der Waals surface area contributed by atoms with Crippen LogP contribution in [0.15, 0.2) is 0 Å². The molecule has 0 aromatic heterocycles. The molecule has 0 bridgehead atoms. The van der Waals surface area contributed by atoms with Crippen molar-refractivity contribution in [1.29, 1.82) is 0 Å². The molecular weight excluding hydrogens is 200 g/mol. The molecule has 3 N–H and O–H groups in total. The first-order valence-corrected chi connectivity index (χ1v) is 5.12. The molecule has 1 unspecified atom stereocenters. The molecule has 14 heavy (non-hydrogen) atoms. The second kappa shape index (κ2) is 7.70. The number of nitrogens with one attached hydrogen (secondary N) is 1. The lowest BCUT2D eigenvalue weighted by Gasteiger charge is -2.10. The Morgan fingerprint density at radius 3 is 2.79 bits per heavy atom. The van der Waals surface area contributed by atoms with E-state index < -0.39 is 0 Å². The summed E-state index contributed by atoms with van der Waals surface area (Å²) in [6, 6.07) is 0. The van der Waals surface area contributed by atoms with Gasteiger partial charge in [-0.1, -0.05) is 26.1 Å². The summed E-state index contributed by atoms with van der Waals surface area (Å²) in [6.45, 7) is 5.06. The average molecular weight is 218 g/mol. The van der Waals surface area contributed by atoms with Gasteiger partial charge in [0.2, 0.25) is 5.91 Å². The first-order chi connectivity index (χ1) is 6.57. The van der Waals surface area contributed by atoms with Gasteiger partial charge in [0.25, 0.3) is 0 Å². The van der Waals surface area contributed by atoms with Crippen LogP contribution in [0.4, 0.5) is 0 Å². The lowest BCUT2D eigenvalue weighted by Crippen LogP contribution is -2.35. The summed E-state index contributed by atoms with van der Waals surface area (Å²) in [5.74, 6) is -0.0957. The van der Waals surface area contributed by atoms with Crippen molar-refractivity contribution in [2.24, 2.45) is 11.7 Å². The largest absolute Gasteiger partial charge is 0.393 e. The van der Waals surface area contributed by atoms with Gasteiger partial charge < -0.3 is 15.8 Å². The second-order valence-electron chi connectivity index (χ2n) is 3.16. The minimum absolute atomic E-state index is 0.0279. The van der Waals surface area contributed by atoms with E-state index in [2.05, 4.69) is 5.32 Å². The fraction of sp³-hybridized carbons (Fsp3) is 0.778. The van der Waals surface area contributed by atoms with Crippen LogP contribution in [-0.2, 0) is 9.53 Å². The van der Waals surface area contributed by atoms with Crippen molar-refractivity contribution in [2.45, 2.75) is 20.3 Å². The van der Waals surface area contributed by atoms with Gasteiger partial charge in [-0.25, -0.2) is 0 Å². The van der Waals surface area contributed by atoms with E-state index in [-0.39, 0.29) is 18.4 Å². The molecule has 0 radical (unpaired) electrons. The van der Waals surface area contributed by atoms with Gasteiger partial charge in [-0.3, -0.25) is 4.79 Å². The number of nitrogens with two attached hydrogens (primary N) is 1. The van der Waals surface area contributed by atoms with E-state index in [4.69, 9.17) is 22.7 Å². The molecule has 0 saturated heterocycles. The SMILES string of the molecule is CCCOCC(=O)NCC(C)C(N)=S. The number of carbonyl (C=O) groups is 1. The summed E-state index contributed by atoms with van der Waals surface area (Å²) < 4.78 is 5.06. The molecule has 0 saturated carbocycles. The molecule has 5 heteroatoms. The predicted octanol–water partition coefficient (Wildman–Crippen LogP) is 0.451. The minimum atomic E-state index is -0.124. The molecule has 0 fully saturated rings. The Hall–Kier alpha value is -0.680. The number of ether oxygens (including phenoxy) is 1. The number of thiocarbonyl (C=S) groups is 1. The van der Waals surface area contributed by atoms with Crippen LogP contribution in [0.1, 0.15) is 20.3 Å². The Balaban J connectivity index is 3.48. The van der Waals surface area contributed by atoms with Crippen molar-refractivity contribution in [3.8, 4) is 0 Å². The molecule has 0 aromatic carbocycles. The number of hydrogen-bond donors (Lipinski definition) is 2. The van der Waals surface area contributed by atoms with Gasteiger partial charge in [0.15, 0.2) is 0 Å². The molecule has 0 spiro atoms. The Bertz CT molecular complexity index is 197. The van der Waals surface area contributed by atoms with Crippen molar-refractivity contribution < 1.29 is 9.53 Å². The third kappa shape index (κ3) is 6.80. The highest BCUT2D eigenvalue weighted by molar-refractivity contribution is 7.80. The molecule has 0 aliphatic heterocycles. The zero-order chi connectivity index (χ0) is 11.0. The lowest BCUT2D eigenvalue weighted by molar-refractivity contribution is -0.125. The molecule has 0 aliphatic rings. The molecule has 0 aromatic rings. The summed E-state index contributed by atoms with van der Waals surface area (Å²) in [6.07, 6.45) is 0.913. The van der Waals surface area contributed by atoms with Gasteiger partial charge in [0.05, 0.1) is 4.99 Å². The highest BCUT2D eigenvalue weighted by Crippen LogP contribution is 1.91. The maximum atomic E-state index is 11.1. The second-order valence-corrected chi connectivity index (χ2v) is 3.63. The van der Waals surface area contributed by atoms with Gasteiger partial charge >= 0.3 is 0 Å². The van der Waals surface area contributed by atoms with E-state index in [1.165, 1.54) is 0 Å². The topological polar surface area (TPSA) is 64.3 Å². The van der Waals surface area contributed by atoms with Gasteiger partial charge in [-0.15, -0.1) is 0 Å². The highest BCUT2D eigenvalue weighted by atomic mass is 32.1. The van der Waals surface area contributed by atoms with Crippen molar-refractivity contribution in [2.75, 3.05) is 19.8 Å². The monoisotopic (exact) mass is 218 g/mol.